The van der Waals surface area contributed by atoms with Crippen LogP contribution in [0.15, 0.2) is 30.4 Å². The molecule has 0 unspecified atom stereocenters. The van der Waals surface area contributed by atoms with Gasteiger partial charge in [0.1, 0.15) is 5.60 Å². The number of rotatable bonds is 2. The van der Waals surface area contributed by atoms with Crippen LogP contribution in [-0.4, -0.2) is 36.9 Å². The largest absolute Gasteiger partial charge is 0.550 e. The van der Waals surface area contributed by atoms with E-state index in [0.29, 0.717) is 17.2 Å². The number of fused-ring (bicyclic) bond motifs is 2. The van der Waals surface area contributed by atoms with E-state index in [0.717, 1.165) is 0 Å². The Morgan fingerprint density at radius 2 is 2.13 bits per heavy atom. The third-order valence-electron chi connectivity index (χ3n) is 5.04. The summed E-state index contributed by atoms with van der Waals surface area (Å²) < 4.78 is 16.4. The number of nitrogens with zero attached hydrogens (tertiary/aromatic N) is 1. The van der Waals surface area contributed by atoms with E-state index in [4.69, 9.17) is 14.2 Å². The van der Waals surface area contributed by atoms with E-state index in [1.54, 1.807) is 29.2 Å². The second-order valence-corrected chi connectivity index (χ2v) is 6.18. The van der Waals surface area contributed by atoms with Crippen molar-refractivity contribution in [2.24, 2.45) is 11.8 Å². The highest BCUT2D eigenvalue weighted by Crippen LogP contribution is 2.52. The van der Waals surface area contributed by atoms with Gasteiger partial charge in [-0.25, -0.2) is 0 Å². The summed E-state index contributed by atoms with van der Waals surface area (Å²) in [4.78, 5) is 25.8. The molecule has 2 saturated heterocycles. The molecule has 1 amide bonds. The van der Waals surface area contributed by atoms with E-state index in [1.807, 2.05) is 6.08 Å². The number of carboxylic acid groups (broad SMARTS) is 1. The number of carbonyl (C=O) groups excluding carboxylic acids is 2. The normalized spacial score (nSPS) is 35.9. The van der Waals surface area contributed by atoms with Crippen LogP contribution < -0.4 is 19.5 Å². The van der Waals surface area contributed by atoms with E-state index in [2.05, 4.69) is 0 Å². The summed E-state index contributed by atoms with van der Waals surface area (Å²) in [5, 5.41) is 11.4. The van der Waals surface area contributed by atoms with Crippen LogP contribution in [0.25, 0.3) is 0 Å². The molecule has 7 nitrogen and oxygen atoms in total. The van der Waals surface area contributed by atoms with Gasteiger partial charge in [0.15, 0.2) is 11.5 Å². The van der Waals surface area contributed by atoms with Gasteiger partial charge in [0.25, 0.3) is 0 Å². The minimum Gasteiger partial charge on any atom is -0.550 e. The number of ether oxygens (including phenoxy) is 3. The lowest BCUT2D eigenvalue weighted by Crippen LogP contribution is -2.45. The maximum atomic E-state index is 12.8. The molecule has 1 spiro atoms. The molecule has 0 N–H and O–H groups in total. The summed E-state index contributed by atoms with van der Waals surface area (Å²) in [5.41, 5.74) is -0.233. The van der Waals surface area contributed by atoms with Crippen LogP contribution in [0, 0.1) is 11.8 Å². The van der Waals surface area contributed by atoms with Crippen LogP contribution in [0.2, 0.25) is 0 Å². The molecule has 4 atom stereocenters. The van der Waals surface area contributed by atoms with E-state index in [9.17, 15) is 14.7 Å². The summed E-state index contributed by atoms with van der Waals surface area (Å²) in [6.45, 7) is 0.437. The molecule has 2 fully saturated rings. The van der Waals surface area contributed by atoms with Crippen molar-refractivity contribution in [3.05, 3.63) is 30.4 Å². The zero-order chi connectivity index (χ0) is 15.8. The molecule has 4 heterocycles. The molecule has 1 aromatic carbocycles. The van der Waals surface area contributed by atoms with E-state index < -0.39 is 29.5 Å². The number of carboxylic acids is 1. The predicted octanol–water partition coefficient (Wildman–Crippen LogP) is -0.548. The lowest BCUT2D eigenvalue weighted by Gasteiger charge is -2.24. The Hall–Kier alpha value is -2.54. The van der Waals surface area contributed by atoms with Crippen molar-refractivity contribution in [1.82, 2.24) is 0 Å². The average molecular weight is 314 g/mol. The van der Waals surface area contributed by atoms with Crippen molar-refractivity contribution in [2.75, 3.05) is 18.2 Å². The second kappa shape index (κ2) is 4.05. The van der Waals surface area contributed by atoms with Gasteiger partial charge in [0, 0.05) is 23.6 Å². The predicted molar refractivity (Wildman–Crippen MR) is 73.6 cm³/mol. The van der Waals surface area contributed by atoms with Crippen molar-refractivity contribution in [3.63, 3.8) is 0 Å². The summed E-state index contributed by atoms with van der Waals surface area (Å²) in [6, 6.07) is 5.22. The molecule has 4 aliphatic heterocycles. The number of carbonyl (C=O) groups is 2. The Morgan fingerprint density at radius 3 is 2.96 bits per heavy atom. The number of benzene rings is 1. The molecule has 0 radical (unpaired) electrons. The quantitative estimate of drug-likeness (QED) is 0.681. The third-order valence-corrected chi connectivity index (χ3v) is 5.04. The maximum Gasteiger partial charge on any atom is 0.234 e. The van der Waals surface area contributed by atoms with Crippen LogP contribution in [0.4, 0.5) is 5.69 Å². The Labute approximate surface area is 131 Å². The minimum absolute atomic E-state index is 0.152. The molecule has 2 bridgehead atoms. The summed E-state index contributed by atoms with van der Waals surface area (Å²) in [7, 11) is 0. The highest BCUT2D eigenvalue weighted by atomic mass is 16.7. The highest BCUT2D eigenvalue weighted by Gasteiger charge is 2.65. The summed E-state index contributed by atoms with van der Waals surface area (Å²) in [6.07, 6.45) is 2.95. The van der Waals surface area contributed by atoms with Gasteiger partial charge in [0.05, 0.1) is 18.6 Å². The number of aliphatic carboxylic acids is 1. The van der Waals surface area contributed by atoms with Gasteiger partial charge in [-0.15, -0.1) is 0 Å². The topological polar surface area (TPSA) is 88.1 Å². The highest BCUT2D eigenvalue weighted by molar-refractivity contribution is 6.02. The number of anilines is 1. The summed E-state index contributed by atoms with van der Waals surface area (Å²) in [5.74, 6) is -1.98. The van der Waals surface area contributed by atoms with Crippen LogP contribution in [0.5, 0.6) is 11.5 Å². The molecule has 1 aromatic rings. The zero-order valence-corrected chi connectivity index (χ0v) is 11.9. The molecule has 0 aliphatic carbocycles. The Kier molecular flexibility index (Phi) is 2.28. The van der Waals surface area contributed by atoms with Gasteiger partial charge in [-0.05, 0) is 12.1 Å². The molecule has 118 valence electrons. The second-order valence-electron chi connectivity index (χ2n) is 6.18. The average Bonchev–Trinajstić information content (AvgIpc) is 3.26. The monoisotopic (exact) mass is 314 g/mol. The van der Waals surface area contributed by atoms with Crippen molar-refractivity contribution in [2.45, 2.75) is 11.7 Å². The smallest absolute Gasteiger partial charge is 0.234 e. The molecule has 7 heteroatoms. The van der Waals surface area contributed by atoms with Crippen LogP contribution in [0.3, 0.4) is 0 Å². The van der Waals surface area contributed by atoms with Gasteiger partial charge in [-0.2, -0.15) is 0 Å². The molecule has 4 aliphatic rings. The third kappa shape index (κ3) is 1.52. The fourth-order valence-corrected chi connectivity index (χ4v) is 4.04. The first-order chi connectivity index (χ1) is 11.1. The van der Waals surface area contributed by atoms with E-state index in [1.165, 1.54) is 0 Å². The van der Waals surface area contributed by atoms with E-state index in [-0.39, 0.29) is 19.2 Å². The molecule has 0 aromatic heterocycles. The Morgan fingerprint density at radius 1 is 1.30 bits per heavy atom. The van der Waals surface area contributed by atoms with Crippen LogP contribution in [0.1, 0.15) is 0 Å². The molecule has 5 rings (SSSR count). The molecule has 0 saturated carbocycles. The van der Waals surface area contributed by atoms with Gasteiger partial charge in [-0.1, -0.05) is 12.2 Å². The van der Waals surface area contributed by atoms with Crippen LogP contribution in [-0.2, 0) is 14.3 Å². The lowest BCUT2D eigenvalue weighted by molar-refractivity contribution is -0.313. The number of hydrogen-bond acceptors (Lipinski definition) is 6. The van der Waals surface area contributed by atoms with Crippen molar-refractivity contribution in [3.8, 4) is 11.5 Å². The Balaban J connectivity index is 1.54. The number of hydrogen-bond donors (Lipinski definition) is 0. The molecular formula is C16H12NO6-. The van der Waals surface area contributed by atoms with Crippen LogP contribution >= 0.6 is 0 Å². The first-order valence-electron chi connectivity index (χ1n) is 7.38. The standard InChI is InChI=1S/C16H13NO6/c18-14-13-12(15(19)20)10-3-4-16(13,23-10)6-17(14)8-1-2-9-11(5-8)22-7-21-9/h1-5,10,12-13H,6-7H2,(H,19,20)/p-1/t10-,12-,13+,16-/m1/s1. The minimum atomic E-state index is -1.24. The first-order valence-corrected chi connectivity index (χ1v) is 7.38. The van der Waals surface area contributed by atoms with Crippen molar-refractivity contribution >= 4 is 17.6 Å². The molecular weight excluding hydrogens is 302 g/mol. The maximum absolute atomic E-state index is 12.8. The fourth-order valence-electron chi connectivity index (χ4n) is 4.04. The van der Waals surface area contributed by atoms with Gasteiger partial charge in [0.2, 0.25) is 12.7 Å². The summed E-state index contributed by atoms with van der Waals surface area (Å²) >= 11 is 0. The van der Waals surface area contributed by atoms with Crippen molar-refractivity contribution in [1.29, 1.82) is 0 Å². The first kappa shape index (κ1) is 13.0. The lowest BCUT2D eigenvalue weighted by atomic mass is 9.77. The van der Waals surface area contributed by atoms with Gasteiger partial charge in [-0.3, -0.25) is 4.79 Å². The Bertz CT molecular complexity index is 774. The van der Waals surface area contributed by atoms with Gasteiger partial charge < -0.3 is 29.0 Å². The molecule has 23 heavy (non-hydrogen) atoms. The fraction of sp³-hybridized carbons (Fsp3) is 0.375. The van der Waals surface area contributed by atoms with E-state index >= 15 is 0 Å². The SMILES string of the molecule is O=C([O-])[C@H]1[C@H]2C(=O)N(c3ccc4c(c3)OCO4)C[C@]23C=C[C@H]1O3. The number of amides is 1. The zero-order valence-electron chi connectivity index (χ0n) is 11.9. The van der Waals surface area contributed by atoms with Gasteiger partial charge >= 0.3 is 0 Å². The van der Waals surface area contributed by atoms with Crippen molar-refractivity contribution < 1.29 is 28.9 Å².